The topological polar surface area (TPSA) is 110 Å². The van der Waals surface area contributed by atoms with Crippen LogP contribution in [-0.4, -0.2) is 31.3 Å². The second-order valence-corrected chi connectivity index (χ2v) is 10.4. The molecule has 0 saturated heterocycles. The normalized spacial score (nSPS) is 11.5. The van der Waals surface area contributed by atoms with Crippen LogP contribution < -0.4 is 79.8 Å². The number of ether oxygens (including phenoxy) is 1. The minimum absolute atomic E-state index is 0. The van der Waals surface area contributed by atoms with Crippen molar-refractivity contribution >= 4 is 27.9 Å². The Balaban J connectivity index is 0. The van der Waals surface area contributed by atoms with Gasteiger partial charge in [0.15, 0.2) is 0 Å². The smallest absolute Gasteiger partial charge is 1.00 e. The average molecular weight is 518 g/mol. The van der Waals surface area contributed by atoms with Crippen LogP contribution in [0, 0.1) is 0 Å². The Morgan fingerprint density at radius 3 is 2.17 bits per heavy atom. The number of H-pyrrole nitrogens is 1. The van der Waals surface area contributed by atoms with E-state index in [1.165, 1.54) is 16.8 Å². The van der Waals surface area contributed by atoms with Gasteiger partial charge in [0.05, 0.1) is 19.1 Å². The molecular weight excluding hydrogens is 488 g/mol. The molecule has 2 aromatic carbocycles. The predicted octanol–water partition coefficient (Wildman–Crippen LogP) is -2.39. The maximum atomic E-state index is 12.4. The molecule has 1 aromatic heterocycles. The average Bonchev–Trinajstić information content (AvgIpc) is 2.71. The van der Waals surface area contributed by atoms with Gasteiger partial charge in [-0.3, -0.25) is 19.1 Å². The number of hydrogen-bond donors (Lipinski definition) is 2. The Bertz CT molecular complexity index is 1430. The van der Waals surface area contributed by atoms with Gasteiger partial charge in [-0.15, -0.1) is 0 Å². The Hall–Kier alpha value is -1.59. The molecule has 0 amide bonds. The fraction of sp³-hybridized carbons (Fsp3) is 0.250. The fourth-order valence-electron chi connectivity index (χ4n) is 3.37. The predicted molar refractivity (Wildman–Crippen MR) is 134 cm³/mol. The minimum atomic E-state index is -3.34. The summed E-state index contributed by atoms with van der Waals surface area (Å²) in [7, 11) is -1.75. The van der Waals surface area contributed by atoms with Gasteiger partial charge in [-0.05, 0) is 35.2 Å². The Morgan fingerprint density at radius 2 is 1.66 bits per heavy atom. The quantitative estimate of drug-likeness (QED) is 0.280. The molecular formula is C24H29N3Na2O5S. The van der Waals surface area contributed by atoms with Crippen LogP contribution in [0.4, 0.5) is 5.69 Å². The molecule has 1 heterocycles. The van der Waals surface area contributed by atoms with Crippen molar-refractivity contribution in [1.29, 1.82) is 0 Å². The van der Waals surface area contributed by atoms with Gasteiger partial charge in [-0.25, -0.2) is 13.2 Å². The molecule has 0 aliphatic carbocycles. The SMILES string of the molecule is COc1c(/C=C/c2ccc(NS(C)(=O)=O)cc2)cc(-n2ccc(=O)[nH]c2=O)cc1C(C)(C)C.[H-].[H-].[Na+].[Na+]. The third-order valence-electron chi connectivity index (χ3n) is 4.89. The zero-order valence-corrected chi connectivity index (χ0v) is 26.0. The number of nitrogens with zero attached hydrogens (tertiary/aromatic N) is 1. The molecule has 0 unspecified atom stereocenters. The van der Waals surface area contributed by atoms with E-state index in [-0.39, 0.29) is 67.4 Å². The van der Waals surface area contributed by atoms with Gasteiger partial charge in [0.1, 0.15) is 5.75 Å². The van der Waals surface area contributed by atoms with Crippen molar-refractivity contribution in [3.05, 3.63) is 86.2 Å². The second kappa shape index (κ2) is 12.6. The van der Waals surface area contributed by atoms with Crippen molar-refractivity contribution in [2.24, 2.45) is 0 Å². The van der Waals surface area contributed by atoms with Crippen molar-refractivity contribution in [3.63, 3.8) is 0 Å². The van der Waals surface area contributed by atoms with Crippen LogP contribution in [0.15, 0.2) is 58.3 Å². The van der Waals surface area contributed by atoms with Gasteiger partial charge in [0.25, 0.3) is 5.56 Å². The Kier molecular flexibility index (Phi) is 11.3. The summed E-state index contributed by atoms with van der Waals surface area (Å²) in [6, 6.07) is 11.9. The molecule has 0 atom stereocenters. The summed E-state index contributed by atoms with van der Waals surface area (Å²) >= 11 is 0. The molecule has 0 radical (unpaired) electrons. The van der Waals surface area contributed by atoms with E-state index in [9.17, 15) is 18.0 Å². The Labute approximate surface area is 252 Å². The number of rotatable bonds is 6. The summed E-state index contributed by atoms with van der Waals surface area (Å²) in [5.74, 6) is 0.676. The van der Waals surface area contributed by atoms with Crippen LogP contribution in [0.5, 0.6) is 5.75 Å². The van der Waals surface area contributed by atoms with Crippen LogP contribution in [0.3, 0.4) is 0 Å². The summed E-state index contributed by atoms with van der Waals surface area (Å²) < 4.78 is 32.3. The first-order chi connectivity index (χ1) is 15.4. The molecule has 3 aromatic rings. The molecule has 0 fully saturated rings. The molecule has 178 valence electrons. The van der Waals surface area contributed by atoms with E-state index in [1.807, 2.05) is 45.1 Å². The van der Waals surface area contributed by atoms with Gasteiger partial charge in [-0.1, -0.05) is 45.1 Å². The van der Waals surface area contributed by atoms with Crippen LogP contribution in [0.2, 0.25) is 0 Å². The van der Waals surface area contributed by atoms with Gasteiger partial charge in [0, 0.05) is 29.1 Å². The van der Waals surface area contributed by atoms with Crippen LogP contribution in [-0.2, 0) is 15.4 Å². The molecule has 3 rings (SSSR count). The Morgan fingerprint density at radius 1 is 1.03 bits per heavy atom. The summed E-state index contributed by atoms with van der Waals surface area (Å²) in [6.45, 7) is 6.14. The van der Waals surface area contributed by atoms with Gasteiger partial charge in [-0.2, -0.15) is 0 Å². The van der Waals surface area contributed by atoms with E-state index in [2.05, 4.69) is 9.71 Å². The van der Waals surface area contributed by atoms with Crippen LogP contribution in [0.25, 0.3) is 17.8 Å². The third kappa shape index (κ3) is 8.49. The standard InChI is InChI=1S/C24H27N3O5S.2Na.2H/c1-24(2,3)20-15-19(27-13-12-21(28)25-23(27)29)14-17(22(20)32-4)9-6-16-7-10-18(11-8-16)26-33(5,30)31;;;;/h6-15,26H,1-5H3,(H,25,28,29);;;;/q;2*+1;2*-1/b9-6+;;;;. The van der Waals surface area contributed by atoms with Gasteiger partial charge in [0.2, 0.25) is 10.0 Å². The molecule has 0 spiro atoms. The van der Waals surface area contributed by atoms with Crippen molar-refractivity contribution < 1.29 is 75.1 Å². The number of hydrogen-bond acceptors (Lipinski definition) is 5. The number of methoxy groups -OCH3 is 1. The molecule has 0 saturated carbocycles. The van der Waals surface area contributed by atoms with E-state index in [0.29, 0.717) is 17.1 Å². The monoisotopic (exact) mass is 517 g/mol. The van der Waals surface area contributed by atoms with E-state index in [4.69, 9.17) is 4.74 Å². The number of aromatic amines is 1. The minimum Gasteiger partial charge on any atom is -1.00 e. The van der Waals surface area contributed by atoms with Crippen molar-refractivity contribution in [2.45, 2.75) is 26.2 Å². The molecule has 2 N–H and O–H groups in total. The summed E-state index contributed by atoms with van der Waals surface area (Å²) in [5, 5.41) is 0. The van der Waals surface area contributed by atoms with Gasteiger partial charge < -0.3 is 7.59 Å². The molecule has 0 bridgehead atoms. The molecule has 0 aliphatic rings. The first-order valence-electron chi connectivity index (χ1n) is 10.2. The summed E-state index contributed by atoms with van der Waals surface area (Å²) in [6.07, 6.45) is 6.28. The molecule has 0 aliphatic heterocycles. The number of sulfonamides is 1. The van der Waals surface area contributed by atoms with Crippen LogP contribution >= 0.6 is 0 Å². The van der Waals surface area contributed by atoms with Crippen molar-refractivity contribution in [2.75, 3.05) is 18.1 Å². The maximum absolute atomic E-state index is 12.4. The van der Waals surface area contributed by atoms with Crippen molar-refractivity contribution in [3.8, 4) is 11.4 Å². The summed E-state index contributed by atoms with van der Waals surface area (Å²) in [5.41, 5.74) is 2.28. The first-order valence-corrected chi connectivity index (χ1v) is 12.1. The largest absolute Gasteiger partial charge is 1.00 e. The van der Waals surface area contributed by atoms with E-state index >= 15 is 0 Å². The van der Waals surface area contributed by atoms with Crippen molar-refractivity contribution in [1.82, 2.24) is 9.55 Å². The molecule has 8 nitrogen and oxygen atoms in total. The number of aromatic nitrogens is 2. The maximum Gasteiger partial charge on any atom is 1.00 e. The van der Waals surface area contributed by atoms with E-state index in [0.717, 1.165) is 22.9 Å². The van der Waals surface area contributed by atoms with Crippen LogP contribution in [0.1, 0.15) is 40.3 Å². The van der Waals surface area contributed by atoms with Gasteiger partial charge >= 0.3 is 64.8 Å². The fourth-order valence-corrected chi connectivity index (χ4v) is 3.93. The zero-order chi connectivity index (χ0) is 24.4. The second-order valence-electron chi connectivity index (χ2n) is 8.68. The third-order valence-corrected chi connectivity index (χ3v) is 5.49. The zero-order valence-electron chi connectivity index (χ0n) is 23.2. The first kappa shape index (κ1) is 31.4. The molecule has 11 heteroatoms. The van der Waals surface area contributed by atoms with E-state index < -0.39 is 21.3 Å². The molecule has 35 heavy (non-hydrogen) atoms. The summed E-state index contributed by atoms with van der Waals surface area (Å²) in [4.78, 5) is 26.2. The number of benzene rings is 2. The number of anilines is 1. The van der Waals surface area contributed by atoms with E-state index in [1.54, 1.807) is 31.4 Å². The number of nitrogens with one attached hydrogen (secondary N) is 2.